The van der Waals surface area contributed by atoms with Gasteiger partial charge in [0.2, 0.25) is 0 Å². The van der Waals surface area contributed by atoms with Crippen LogP contribution in [0.2, 0.25) is 0 Å². The van der Waals surface area contributed by atoms with Crippen LogP contribution in [0.5, 0.6) is 5.75 Å². The van der Waals surface area contributed by atoms with Gasteiger partial charge in [-0.25, -0.2) is 0 Å². The maximum absolute atomic E-state index is 11.5. The third-order valence-corrected chi connectivity index (χ3v) is 5.46. The zero-order valence-corrected chi connectivity index (χ0v) is 14.7. The predicted octanol–water partition coefficient (Wildman–Crippen LogP) is 2.10. The Morgan fingerprint density at radius 2 is 1.96 bits per heavy atom. The molecule has 1 aliphatic heterocycles. The number of hydrogen-bond acceptors (Lipinski definition) is 5. The van der Waals surface area contributed by atoms with Crippen LogP contribution in [-0.4, -0.2) is 50.7 Å². The Kier molecular flexibility index (Phi) is 5.70. The molecule has 0 radical (unpaired) electrons. The van der Waals surface area contributed by atoms with E-state index in [0.717, 1.165) is 21.6 Å². The molecular weight excluding hydrogens is 337 g/mol. The summed E-state index contributed by atoms with van der Waals surface area (Å²) in [6.45, 7) is 4.05. The molecule has 1 aliphatic rings. The number of carbonyl (C=O) groups is 1. The highest BCUT2D eigenvalue weighted by atomic mass is 32.2. The van der Waals surface area contributed by atoms with Gasteiger partial charge in [-0.2, -0.15) is 0 Å². The number of thioether (sulfide) groups is 1. The van der Waals surface area contributed by atoms with Crippen molar-refractivity contribution in [1.82, 2.24) is 4.90 Å². The van der Waals surface area contributed by atoms with Crippen molar-refractivity contribution in [2.24, 2.45) is 0 Å². The van der Waals surface area contributed by atoms with Gasteiger partial charge in [-0.1, -0.05) is 0 Å². The van der Waals surface area contributed by atoms with E-state index in [0.29, 0.717) is 18.6 Å². The number of hydrogen-bond donors (Lipinski definition) is 3. The second kappa shape index (κ2) is 7.20. The molecule has 0 spiro atoms. The summed E-state index contributed by atoms with van der Waals surface area (Å²) >= 11 is 1.51. The van der Waals surface area contributed by atoms with Gasteiger partial charge in [0.05, 0.1) is 6.04 Å². The van der Waals surface area contributed by atoms with Gasteiger partial charge in [0.15, 0.2) is 0 Å². The van der Waals surface area contributed by atoms with Gasteiger partial charge in [0, 0.05) is 17.2 Å². The van der Waals surface area contributed by atoms with Gasteiger partial charge in [-0.15, -0.1) is 11.8 Å². The molecule has 2 rings (SSSR count). The Morgan fingerprint density at radius 3 is 2.48 bits per heavy atom. The molecule has 0 aliphatic carbocycles. The van der Waals surface area contributed by atoms with E-state index in [2.05, 4.69) is 0 Å². The molecule has 0 amide bonds. The van der Waals surface area contributed by atoms with E-state index in [1.54, 1.807) is 13.8 Å². The summed E-state index contributed by atoms with van der Waals surface area (Å²) in [7, 11) is -4.22. The minimum Gasteiger partial charge on any atom is -0.507 e. The van der Waals surface area contributed by atoms with Gasteiger partial charge in [0.1, 0.15) is 18.3 Å². The number of aldehydes is 1. The Balaban J connectivity index is 2.33. The van der Waals surface area contributed by atoms with Crippen LogP contribution in [0.1, 0.15) is 16.7 Å². The molecule has 3 N–H and O–H groups in total. The lowest BCUT2D eigenvalue weighted by Crippen LogP contribution is -2.42. The fourth-order valence-corrected chi connectivity index (χ4v) is 4.54. The molecular formula is C15H20NO5PS. The largest absolute Gasteiger partial charge is 0.507 e. The van der Waals surface area contributed by atoms with E-state index in [1.165, 1.54) is 16.7 Å². The molecule has 0 saturated carbocycles. The monoisotopic (exact) mass is 357 g/mol. The summed E-state index contributed by atoms with van der Waals surface area (Å²) in [4.78, 5) is 32.0. The summed E-state index contributed by atoms with van der Waals surface area (Å²) in [6.07, 6.45) is 2.13. The van der Waals surface area contributed by atoms with Crippen LogP contribution in [0.25, 0.3) is 6.08 Å². The third-order valence-electron chi connectivity index (χ3n) is 3.65. The zero-order chi connectivity index (χ0) is 17.2. The lowest BCUT2D eigenvalue weighted by Gasteiger charge is -2.33. The number of aryl methyl sites for hydroxylation is 2. The van der Waals surface area contributed by atoms with Crippen molar-refractivity contribution >= 4 is 31.7 Å². The molecule has 0 bridgehead atoms. The van der Waals surface area contributed by atoms with Crippen LogP contribution in [0.4, 0.5) is 0 Å². The van der Waals surface area contributed by atoms with E-state index in [4.69, 9.17) is 9.79 Å². The smallest absolute Gasteiger partial charge is 0.339 e. The molecule has 1 aromatic carbocycles. The summed E-state index contributed by atoms with van der Waals surface area (Å²) in [5.74, 6) is 0.908. The fraction of sp³-hybridized carbons (Fsp3) is 0.400. The number of phenols is 1. The molecule has 126 valence electrons. The summed E-state index contributed by atoms with van der Waals surface area (Å²) in [5.41, 5.74) is 2.34. The highest BCUT2D eigenvalue weighted by Crippen LogP contribution is 2.39. The molecule has 23 heavy (non-hydrogen) atoms. The van der Waals surface area contributed by atoms with E-state index in [-0.39, 0.29) is 5.75 Å². The van der Waals surface area contributed by atoms with Gasteiger partial charge in [-0.3, -0.25) is 9.46 Å². The number of benzene rings is 1. The number of nitrogens with zero attached hydrogens (tertiary/aromatic N) is 1. The first-order chi connectivity index (χ1) is 10.7. The second-order valence-electron chi connectivity index (χ2n) is 5.60. The summed E-state index contributed by atoms with van der Waals surface area (Å²) in [5, 5.41) is 9.83. The van der Waals surface area contributed by atoms with Gasteiger partial charge in [0.25, 0.3) is 0 Å². The number of carbonyl (C=O) groups excluding carboxylic acids is 1. The Labute approximate surface area is 139 Å². The van der Waals surface area contributed by atoms with Crippen molar-refractivity contribution in [3.05, 3.63) is 33.7 Å². The molecule has 6 nitrogen and oxygen atoms in total. The quantitative estimate of drug-likeness (QED) is 0.561. The summed E-state index contributed by atoms with van der Waals surface area (Å²) < 4.78 is 11.2. The Hall–Kier alpha value is -1.11. The molecule has 8 heteroatoms. The predicted molar refractivity (Wildman–Crippen MR) is 91.5 cm³/mol. The number of aromatic hydroxyl groups is 1. The van der Waals surface area contributed by atoms with E-state index < -0.39 is 19.9 Å². The Morgan fingerprint density at radius 1 is 1.35 bits per heavy atom. The van der Waals surface area contributed by atoms with E-state index in [1.807, 2.05) is 18.2 Å². The first kappa shape index (κ1) is 18.2. The SMILES string of the molecule is Cc1cc(C=C2SCCN(CP(=O)(O)O)C2C=O)cc(C)c1O. The van der Waals surface area contributed by atoms with E-state index >= 15 is 0 Å². The molecule has 1 saturated heterocycles. The minimum atomic E-state index is -4.22. The molecule has 1 heterocycles. The minimum absolute atomic E-state index is 0.249. The Bertz CT molecular complexity index is 661. The second-order valence-corrected chi connectivity index (χ2v) is 8.38. The summed E-state index contributed by atoms with van der Waals surface area (Å²) in [6, 6.07) is 2.98. The highest BCUT2D eigenvalue weighted by Gasteiger charge is 2.31. The van der Waals surface area contributed by atoms with Crippen molar-refractivity contribution in [3.8, 4) is 5.75 Å². The van der Waals surface area contributed by atoms with Gasteiger partial charge in [-0.05, 0) is 48.7 Å². The molecule has 1 atom stereocenters. The van der Waals surface area contributed by atoms with Crippen molar-refractivity contribution in [2.75, 3.05) is 18.6 Å². The van der Waals surface area contributed by atoms with Crippen LogP contribution in [0.15, 0.2) is 17.0 Å². The fourth-order valence-electron chi connectivity index (χ4n) is 2.60. The standard InChI is InChI=1S/C15H20NO5PS/c1-10-5-12(6-11(2)15(10)18)7-14-13(8-17)16(3-4-23-14)9-22(19,20)21/h5-8,13,18H,3-4,9H2,1-2H3,(H2,19,20,21). The number of rotatable bonds is 4. The lowest BCUT2D eigenvalue weighted by molar-refractivity contribution is -0.110. The maximum atomic E-state index is 11.5. The molecule has 1 fully saturated rings. The van der Waals surface area contributed by atoms with Crippen molar-refractivity contribution in [2.45, 2.75) is 19.9 Å². The van der Waals surface area contributed by atoms with Crippen LogP contribution in [0, 0.1) is 13.8 Å². The number of phenolic OH excluding ortho intramolecular Hbond substituents is 1. The molecule has 1 unspecified atom stereocenters. The maximum Gasteiger partial charge on any atom is 0.339 e. The lowest BCUT2D eigenvalue weighted by atomic mass is 10.0. The zero-order valence-electron chi connectivity index (χ0n) is 13.0. The van der Waals surface area contributed by atoms with Crippen molar-refractivity contribution < 1.29 is 24.3 Å². The first-order valence-electron chi connectivity index (χ1n) is 7.10. The first-order valence-corrected chi connectivity index (χ1v) is 9.88. The van der Waals surface area contributed by atoms with Gasteiger partial charge >= 0.3 is 7.60 Å². The van der Waals surface area contributed by atoms with Crippen LogP contribution in [-0.2, 0) is 9.36 Å². The average molecular weight is 357 g/mol. The van der Waals surface area contributed by atoms with Crippen LogP contribution >= 0.6 is 19.4 Å². The average Bonchev–Trinajstić information content (AvgIpc) is 2.43. The third kappa shape index (κ3) is 4.68. The molecule has 0 aromatic heterocycles. The van der Waals surface area contributed by atoms with E-state index in [9.17, 15) is 14.5 Å². The van der Waals surface area contributed by atoms with Crippen LogP contribution < -0.4 is 0 Å². The normalized spacial score (nSPS) is 21.6. The van der Waals surface area contributed by atoms with Gasteiger partial charge < -0.3 is 19.7 Å². The van der Waals surface area contributed by atoms with Crippen molar-refractivity contribution in [3.63, 3.8) is 0 Å². The van der Waals surface area contributed by atoms with Crippen molar-refractivity contribution in [1.29, 1.82) is 0 Å². The highest BCUT2D eigenvalue weighted by molar-refractivity contribution is 8.03. The topological polar surface area (TPSA) is 98.1 Å². The molecule has 1 aromatic rings. The van der Waals surface area contributed by atoms with Crippen LogP contribution in [0.3, 0.4) is 0 Å².